The first-order chi connectivity index (χ1) is 11.8. The molecule has 0 aromatic carbocycles. The Hall–Kier alpha value is -0.910. The van der Waals surface area contributed by atoms with Gasteiger partial charge in [-0.2, -0.15) is 0 Å². The van der Waals surface area contributed by atoms with Crippen molar-refractivity contribution in [2.45, 2.75) is 96.8 Å². The molecule has 0 fully saturated rings. The summed E-state index contributed by atoms with van der Waals surface area (Å²) in [7, 11) is -4.96. The number of rotatable bonds is 15. The van der Waals surface area contributed by atoms with Crippen LogP contribution in [0.2, 0.25) is 0 Å². The largest absolute Gasteiger partial charge is 0.529 e. The van der Waals surface area contributed by atoms with E-state index in [1.54, 1.807) is 0 Å². The summed E-state index contributed by atoms with van der Waals surface area (Å²) in [6, 6.07) is 0. The van der Waals surface area contributed by atoms with Crippen molar-refractivity contribution >= 4 is 19.9 Å². The fraction of sp³-hybridized carbons (Fsp3) is 0.882. The van der Waals surface area contributed by atoms with Crippen LogP contribution in [0.4, 0.5) is 4.79 Å². The molecular weight excluding hydrogens is 347 g/mol. The fourth-order valence-corrected chi connectivity index (χ4v) is 2.78. The highest BCUT2D eigenvalue weighted by Gasteiger charge is 2.23. The number of hydrogen-bond acceptors (Lipinski definition) is 5. The Bertz CT molecular complexity index is 406. The number of unbranched alkanes of at least 4 members (excludes halogenated alkanes) is 12. The quantitative estimate of drug-likeness (QED) is 0.173. The summed E-state index contributed by atoms with van der Waals surface area (Å²) < 4.78 is 18.1. The summed E-state index contributed by atoms with van der Waals surface area (Å²) >= 11 is 0. The molecule has 0 heterocycles. The third kappa shape index (κ3) is 19.3. The van der Waals surface area contributed by atoms with E-state index in [4.69, 9.17) is 9.79 Å². The Morgan fingerprint density at radius 3 is 1.56 bits per heavy atom. The van der Waals surface area contributed by atoms with Crippen molar-refractivity contribution in [3.63, 3.8) is 0 Å². The van der Waals surface area contributed by atoms with Crippen LogP contribution < -0.4 is 0 Å². The van der Waals surface area contributed by atoms with Crippen molar-refractivity contribution < 1.29 is 33.2 Å². The maximum atomic E-state index is 11.3. The number of phosphoric ester groups is 1. The van der Waals surface area contributed by atoms with Gasteiger partial charge in [-0.05, 0) is 6.42 Å². The van der Waals surface area contributed by atoms with Crippen LogP contribution in [0.5, 0.6) is 0 Å². The van der Waals surface area contributed by atoms with Gasteiger partial charge in [-0.3, -0.25) is 14.6 Å². The van der Waals surface area contributed by atoms with E-state index >= 15 is 0 Å². The Morgan fingerprint density at radius 2 is 1.16 bits per heavy atom. The summed E-state index contributed by atoms with van der Waals surface area (Å²) in [5.41, 5.74) is 0. The number of carbonyl (C=O) groups is 2. The molecule has 0 aromatic heterocycles. The van der Waals surface area contributed by atoms with E-state index in [1.165, 1.54) is 57.8 Å². The smallest absolute Gasteiger partial charge is 0.360 e. The first-order valence-corrected chi connectivity index (χ1v) is 10.9. The van der Waals surface area contributed by atoms with Gasteiger partial charge in [0, 0.05) is 6.42 Å². The van der Waals surface area contributed by atoms with E-state index in [0.717, 1.165) is 19.3 Å². The Morgan fingerprint density at radius 1 is 0.760 bits per heavy atom. The third-order valence-corrected chi connectivity index (χ3v) is 4.26. The summed E-state index contributed by atoms with van der Waals surface area (Å²) in [6.07, 6.45) is 13.7. The molecule has 0 atom stereocenters. The number of phosphoric acid groups is 1. The molecule has 0 aromatic rings. The predicted octanol–water partition coefficient (Wildman–Crippen LogP) is 5.24. The van der Waals surface area contributed by atoms with E-state index in [-0.39, 0.29) is 6.42 Å². The minimum Gasteiger partial charge on any atom is -0.360 e. The molecular formula is C17H33O7P. The van der Waals surface area contributed by atoms with Crippen molar-refractivity contribution in [2.75, 3.05) is 0 Å². The van der Waals surface area contributed by atoms with Crippen molar-refractivity contribution in [3.8, 4) is 0 Å². The lowest BCUT2D eigenvalue weighted by Crippen LogP contribution is -2.12. The molecule has 0 amide bonds. The van der Waals surface area contributed by atoms with Crippen molar-refractivity contribution in [2.24, 2.45) is 0 Å². The Kier molecular flexibility index (Phi) is 14.8. The van der Waals surface area contributed by atoms with Gasteiger partial charge < -0.3 is 9.26 Å². The van der Waals surface area contributed by atoms with E-state index in [2.05, 4.69) is 16.2 Å². The minimum atomic E-state index is -4.96. The van der Waals surface area contributed by atoms with Crippen LogP contribution >= 0.6 is 7.82 Å². The molecule has 0 aliphatic heterocycles. The Labute approximate surface area is 150 Å². The second-order valence-electron chi connectivity index (χ2n) is 6.30. The SMILES string of the molecule is CCCCCCCCCCCCCCCC(=O)OC(=O)OP(=O)(O)O. The van der Waals surface area contributed by atoms with Gasteiger partial charge in [-0.1, -0.05) is 84.0 Å². The predicted molar refractivity (Wildman–Crippen MR) is 94.9 cm³/mol. The molecule has 25 heavy (non-hydrogen) atoms. The molecule has 0 unspecified atom stereocenters. The lowest BCUT2D eigenvalue weighted by molar-refractivity contribution is -0.138. The van der Waals surface area contributed by atoms with Gasteiger partial charge in [-0.15, -0.1) is 0 Å². The molecule has 0 rings (SSSR count). The van der Waals surface area contributed by atoms with E-state index < -0.39 is 19.9 Å². The zero-order valence-electron chi connectivity index (χ0n) is 15.3. The highest BCUT2D eigenvalue weighted by atomic mass is 31.2. The molecule has 0 aliphatic carbocycles. The van der Waals surface area contributed by atoms with Gasteiger partial charge in [0.1, 0.15) is 0 Å². The molecule has 0 radical (unpaired) electrons. The molecule has 0 aliphatic rings. The van der Waals surface area contributed by atoms with E-state index in [9.17, 15) is 14.2 Å². The van der Waals surface area contributed by atoms with Crippen molar-refractivity contribution in [1.29, 1.82) is 0 Å². The Balaban J connectivity index is 3.34. The summed E-state index contributed by atoms with van der Waals surface area (Å²) in [6.45, 7) is 2.23. The zero-order chi connectivity index (χ0) is 19.0. The summed E-state index contributed by atoms with van der Waals surface area (Å²) in [4.78, 5) is 38.9. The van der Waals surface area contributed by atoms with E-state index in [0.29, 0.717) is 6.42 Å². The molecule has 0 bridgehead atoms. The van der Waals surface area contributed by atoms with Crippen molar-refractivity contribution in [3.05, 3.63) is 0 Å². The van der Waals surface area contributed by atoms with Gasteiger partial charge in [0.25, 0.3) is 0 Å². The fourth-order valence-electron chi connectivity index (χ4n) is 2.55. The normalized spacial score (nSPS) is 11.3. The van der Waals surface area contributed by atoms with Gasteiger partial charge in [0.15, 0.2) is 0 Å². The summed E-state index contributed by atoms with van der Waals surface area (Å²) in [5.74, 6) is -0.832. The lowest BCUT2D eigenvalue weighted by Gasteiger charge is -2.05. The summed E-state index contributed by atoms with van der Waals surface area (Å²) in [5, 5.41) is 0. The van der Waals surface area contributed by atoms with Crippen LogP contribution in [0.3, 0.4) is 0 Å². The van der Waals surface area contributed by atoms with Crippen LogP contribution in [0, 0.1) is 0 Å². The number of hydrogen-bond donors (Lipinski definition) is 2. The molecule has 0 spiro atoms. The molecule has 148 valence electrons. The lowest BCUT2D eigenvalue weighted by atomic mass is 10.0. The van der Waals surface area contributed by atoms with Crippen LogP contribution in [0.1, 0.15) is 96.8 Å². The van der Waals surface area contributed by atoms with E-state index in [1.807, 2.05) is 0 Å². The molecule has 8 heteroatoms. The number of esters is 1. The average Bonchev–Trinajstić information content (AvgIpc) is 2.49. The maximum absolute atomic E-state index is 11.3. The van der Waals surface area contributed by atoms with Crippen LogP contribution in [0.25, 0.3) is 0 Å². The molecule has 0 saturated heterocycles. The highest BCUT2D eigenvalue weighted by molar-refractivity contribution is 7.46. The molecule has 2 N–H and O–H groups in total. The van der Waals surface area contributed by atoms with Gasteiger partial charge in [-0.25, -0.2) is 9.36 Å². The number of ether oxygens (including phenoxy) is 1. The zero-order valence-corrected chi connectivity index (χ0v) is 16.2. The second-order valence-corrected chi connectivity index (χ2v) is 7.46. The monoisotopic (exact) mass is 380 g/mol. The minimum absolute atomic E-state index is 0.0357. The number of carbonyl (C=O) groups excluding carboxylic acids is 2. The first kappa shape index (κ1) is 24.1. The topological polar surface area (TPSA) is 110 Å². The standard InChI is InChI=1S/C17H33O7P/c1-2-3-4-5-6-7-8-9-10-11-12-13-14-15-16(18)23-17(19)24-25(20,21)22/h2-15H2,1H3,(H2,20,21,22). The highest BCUT2D eigenvalue weighted by Crippen LogP contribution is 2.36. The maximum Gasteiger partial charge on any atom is 0.529 e. The third-order valence-electron chi connectivity index (χ3n) is 3.88. The second kappa shape index (κ2) is 15.4. The van der Waals surface area contributed by atoms with Gasteiger partial charge >= 0.3 is 19.9 Å². The van der Waals surface area contributed by atoms with Gasteiger partial charge in [0.2, 0.25) is 0 Å². The molecule has 7 nitrogen and oxygen atoms in total. The van der Waals surface area contributed by atoms with Crippen LogP contribution in [0.15, 0.2) is 0 Å². The molecule has 0 saturated carbocycles. The van der Waals surface area contributed by atoms with Crippen LogP contribution in [-0.2, 0) is 18.6 Å². The van der Waals surface area contributed by atoms with Gasteiger partial charge in [0.05, 0.1) is 0 Å². The van der Waals surface area contributed by atoms with Crippen molar-refractivity contribution in [1.82, 2.24) is 0 Å². The van der Waals surface area contributed by atoms with Crippen LogP contribution in [-0.4, -0.2) is 21.9 Å². The average molecular weight is 380 g/mol. The first-order valence-electron chi connectivity index (χ1n) is 9.35.